The fourth-order valence-corrected chi connectivity index (χ4v) is 2.70. The van der Waals surface area contributed by atoms with Gasteiger partial charge in [0, 0.05) is 18.0 Å². The second kappa shape index (κ2) is 8.33. The lowest BCUT2D eigenvalue weighted by Crippen LogP contribution is -2.29. The first kappa shape index (κ1) is 17.0. The molecule has 2 aromatic rings. The molecule has 0 aliphatic rings. The van der Waals surface area contributed by atoms with Crippen molar-refractivity contribution in [2.24, 2.45) is 0 Å². The smallest absolute Gasteiger partial charge is 0.233 e. The lowest BCUT2D eigenvalue weighted by Gasteiger charge is -2.08. The third kappa shape index (κ3) is 6.11. The number of hydrogen-bond acceptors (Lipinski definition) is 5. The summed E-state index contributed by atoms with van der Waals surface area (Å²) in [6, 6.07) is 5.77. The number of carbonyl (C=O) groups is 2. The summed E-state index contributed by atoms with van der Waals surface area (Å²) in [5.74, 6) is 0.0278. The number of nitrogens with one attached hydrogen (secondary N) is 3. The van der Waals surface area contributed by atoms with E-state index in [9.17, 15) is 9.59 Å². The number of nitrogens with zero attached hydrogens (tertiary/aromatic N) is 2. The van der Waals surface area contributed by atoms with Crippen molar-refractivity contribution in [1.82, 2.24) is 20.5 Å². The maximum atomic E-state index is 11.9. The number of amides is 2. The van der Waals surface area contributed by atoms with Gasteiger partial charge in [-0.1, -0.05) is 17.8 Å². The Morgan fingerprint density at radius 2 is 1.91 bits per heavy atom. The number of H-pyrrole nitrogens is 1. The lowest BCUT2D eigenvalue weighted by molar-refractivity contribution is -0.126. The van der Waals surface area contributed by atoms with Crippen LogP contribution < -0.4 is 10.6 Å². The molecule has 0 spiro atoms. The molecule has 0 bridgehead atoms. The summed E-state index contributed by atoms with van der Waals surface area (Å²) < 4.78 is 0. The highest BCUT2D eigenvalue weighted by Crippen LogP contribution is 2.14. The van der Waals surface area contributed by atoms with Gasteiger partial charge < -0.3 is 10.6 Å². The standard InChI is InChI=1S/C15H19N5O2S/c1-10-5-11(2)7-12(6-10)19-14(22)8-13(21)16-3-4-23-15-17-9-18-20-15/h5-7,9H,3-4,8H2,1-2H3,(H,16,21)(H,19,22)(H,17,18,20). The molecule has 0 aliphatic heterocycles. The van der Waals surface area contributed by atoms with E-state index < -0.39 is 0 Å². The third-order valence-electron chi connectivity index (χ3n) is 2.88. The predicted molar refractivity (Wildman–Crippen MR) is 89.3 cm³/mol. The summed E-state index contributed by atoms with van der Waals surface area (Å²) in [6.07, 6.45) is 1.23. The zero-order valence-electron chi connectivity index (χ0n) is 13.0. The van der Waals surface area contributed by atoms with Crippen LogP contribution in [0.5, 0.6) is 0 Å². The van der Waals surface area contributed by atoms with Gasteiger partial charge in [0.25, 0.3) is 0 Å². The van der Waals surface area contributed by atoms with Gasteiger partial charge in [-0.3, -0.25) is 14.7 Å². The monoisotopic (exact) mass is 333 g/mol. The van der Waals surface area contributed by atoms with Gasteiger partial charge in [0.1, 0.15) is 12.7 Å². The summed E-state index contributed by atoms with van der Waals surface area (Å²) in [5, 5.41) is 12.6. The zero-order valence-corrected chi connectivity index (χ0v) is 13.9. The molecule has 0 saturated heterocycles. The predicted octanol–water partition coefficient (Wildman–Crippen LogP) is 1.66. The lowest BCUT2D eigenvalue weighted by atomic mass is 10.1. The van der Waals surface area contributed by atoms with E-state index in [1.807, 2.05) is 32.0 Å². The molecule has 23 heavy (non-hydrogen) atoms. The van der Waals surface area contributed by atoms with Gasteiger partial charge in [-0.2, -0.15) is 5.10 Å². The molecule has 1 heterocycles. The van der Waals surface area contributed by atoms with E-state index in [0.717, 1.165) is 11.1 Å². The van der Waals surface area contributed by atoms with Crippen LogP contribution in [0.25, 0.3) is 0 Å². The minimum atomic E-state index is -0.324. The Kier molecular flexibility index (Phi) is 6.16. The molecule has 0 radical (unpaired) electrons. The average Bonchev–Trinajstić information content (AvgIpc) is 2.95. The Hall–Kier alpha value is -2.35. The van der Waals surface area contributed by atoms with Crippen LogP contribution in [0.15, 0.2) is 29.7 Å². The van der Waals surface area contributed by atoms with Crippen molar-refractivity contribution in [3.63, 3.8) is 0 Å². The van der Waals surface area contributed by atoms with E-state index in [1.165, 1.54) is 18.1 Å². The first-order valence-electron chi connectivity index (χ1n) is 7.16. The summed E-state index contributed by atoms with van der Waals surface area (Å²) in [6.45, 7) is 4.38. The fraction of sp³-hybridized carbons (Fsp3) is 0.333. The first-order valence-corrected chi connectivity index (χ1v) is 8.14. The number of aromatic amines is 1. The topological polar surface area (TPSA) is 99.8 Å². The first-order chi connectivity index (χ1) is 11.0. The number of rotatable bonds is 7. The number of benzene rings is 1. The van der Waals surface area contributed by atoms with Crippen molar-refractivity contribution in [3.05, 3.63) is 35.7 Å². The molecule has 0 fully saturated rings. The van der Waals surface area contributed by atoms with E-state index in [0.29, 0.717) is 23.1 Å². The van der Waals surface area contributed by atoms with Gasteiger partial charge in [0.2, 0.25) is 11.8 Å². The van der Waals surface area contributed by atoms with Crippen LogP contribution in [0.4, 0.5) is 5.69 Å². The second-order valence-electron chi connectivity index (χ2n) is 5.09. The maximum Gasteiger partial charge on any atom is 0.233 e. The van der Waals surface area contributed by atoms with Crippen molar-refractivity contribution in [2.75, 3.05) is 17.6 Å². The van der Waals surface area contributed by atoms with Gasteiger partial charge in [-0.25, -0.2) is 4.98 Å². The third-order valence-corrected chi connectivity index (χ3v) is 3.76. The van der Waals surface area contributed by atoms with E-state index in [4.69, 9.17) is 0 Å². The molecule has 3 N–H and O–H groups in total. The van der Waals surface area contributed by atoms with Crippen LogP contribution in [0.1, 0.15) is 17.5 Å². The number of aryl methyl sites for hydroxylation is 2. The summed E-state index contributed by atoms with van der Waals surface area (Å²) >= 11 is 1.45. The number of hydrogen-bond donors (Lipinski definition) is 3. The molecule has 7 nitrogen and oxygen atoms in total. The Morgan fingerprint density at radius 3 is 2.57 bits per heavy atom. The fourth-order valence-electron chi connectivity index (χ4n) is 2.06. The molecule has 8 heteroatoms. The average molecular weight is 333 g/mol. The van der Waals surface area contributed by atoms with Crippen LogP contribution >= 0.6 is 11.8 Å². The van der Waals surface area contributed by atoms with E-state index in [1.54, 1.807) is 0 Å². The molecule has 0 aliphatic carbocycles. The van der Waals surface area contributed by atoms with Gasteiger partial charge in [-0.15, -0.1) is 0 Å². The number of thioether (sulfide) groups is 1. The molecule has 2 amide bonds. The molecule has 0 saturated carbocycles. The summed E-state index contributed by atoms with van der Waals surface area (Å²) in [4.78, 5) is 27.5. The maximum absolute atomic E-state index is 11.9. The number of aromatic nitrogens is 3. The van der Waals surface area contributed by atoms with Crippen LogP contribution in [-0.2, 0) is 9.59 Å². The Labute approximate surface area is 138 Å². The van der Waals surface area contributed by atoms with Crippen molar-refractivity contribution in [3.8, 4) is 0 Å². The minimum absolute atomic E-state index is 0.194. The minimum Gasteiger partial charge on any atom is -0.355 e. The molecule has 1 aromatic carbocycles. The highest BCUT2D eigenvalue weighted by Gasteiger charge is 2.09. The van der Waals surface area contributed by atoms with Crippen LogP contribution in [0, 0.1) is 13.8 Å². The Balaban J connectivity index is 1.68. The van der Waals surface area contributed by atoms with Gasteiger partial charge in [0.15, 0.2) is 5.16 Å². The molecule has 2 rings (SSSR count). The number of anilines is 1. The quantitative estimate of drug-likeness (QED) is 0.406. The highest BCUT2D eigenvalue weighted by atomic mass is 32.2. The summed E-state index contributed by atoms with van der Waals surface area (Å²) in [7, 11) is 0. The molecular weight excluding hydrogens is 314 g/mol. The highest BCUT2D eigenvalue weighted by molar-refractivity contribution is 7.99. The van der Waals surface area contributed by atoms with Crippen LogP contribution in [0.3, 0.4) is 0 Å². The Bertz CT molecular complexity index is 652. The normalized spacial score (nSPS) is 10.3. The van der Waals surface area contributed by atoms with Gasteiger partial charge in [0.05, 0.1) is 0 Å². The van der Waals surface area contributed by atoms with E-state index in [2.05, 4.69) is 25.8 Å². The second-order valence-corrected chi connectivity index (χ2v) is 6.17. The van der Waals surface area contributed by atoms with Crippen molar-refractivity contribution < 1.29 is 9.59 Å². The molecule has 1 aromatic heterocycles. The van der Waals surface area contributed by atoms with Crippen molar-refractivity contribution >= 4 is 29.3 Å². The SMILES string of the molecule is Cc1cc(C)cc(NC(=O)CC(=O)NCCSc2ncn[nH]2)c1. The molecular formula is C15H19N5O2S. The molecule has 122 valence electrons. The largest absolute Gasteiger partial charge is 0.355 e. The summed E-state index contributed by atoms with van der Waals surface area (Å²) in [5.41, 5.74) is 2.84. The zero-order chi connectivity index (χ0) is 16.7. The van der Waals surface area contributed by atoms with Gasteiger partial charge >= 0.3 is 0 Å². The Morgan fingerprint density at radius 1 is 1.17 bits per heavy atom. The van der Waals surface area contributed by atoms with Crippen LogP contribution in [-0.4, -0.2) is 39.3 Å². The molecule has 0 atom stereocenters. The van der Waals surface area contributed by atoms with E-state index in [-0.39, 0.29) is 18.2 Å². The van der Waals surface area contributed by atoms with Crippen LogP contribution in [0.2, 0.25) is 0 Å². The number of carbonyl (C=O) groups excluding carboxylic acids is 2. The van der Waals surface area contributed by atoms with E-state index >= 15 is 0 Å². The van der Waals surface area contributed by atoms with Crippen molar-refractivity contribution in [2.45, 2.75) is 25.4 Å². The van der Waals surface area contributed by atoms with Crippen molar-refractivity contribution in [1.29, 1.82) is 0 Å². The molecule has 0 unspecified atom stereocenters. The van der Waals surface area contributed by atoms with Gasteiger partial charge in [-0.05, 0) is 37.1 Å².